The lowest BCUT2D eigenvalue weighted by atomic mass is 10.0. The number of rotatable bonds is 4. The summed E-state index contributed by atoms with van der Waals surface area (Å²) in [6.45, 7) is 1.98. The van der Waals surface area contributed by atoms with Gasteiger partial charge in [-0.15, -0.1) is 0 Å². The highest BCUT2D eigenvalue weighted by Crippen LogP contribution is 2.25. The molecular weight excluding hydrogens is 474 g/mol. The van der Waals surface area contributed by atoms with Crippen LogP contribution in [-0.2, 0) is 9.84 Å². The van der Waals surface area contributed by atoms with E-state index in [9.17, 15) is 18.0 Å². The number of sulfone groups is 1. The van der Waals surface area contributed by atoms with Crippen LogP contribution in [0.4, 0.5) is 0 Å². The van der Waals surface area contributed by atoms with Crippen molar-refractivity contribution in [1.82, 2.24) is 15.8 Å². The molecule has 0 atom stereocenters. The molecule has 1 aromatic heterocycles. The molecule has 172 valence electrons. The Hall–Kier alpha value is -3.75. The van der Waals surface area contributed by atoms with Gasteiger partial charge in [0.15, 0.2) is 9.84 Å². The number of aromatic nitrogens is 1. The maximum Gasteiger partial charge on any atom is 0.271 e. The largest absolute Gasteiger partial charge is 0.271 e. The number of hydrogen-bond donors (Lipinski definition) is 2. The van der Waals surface area contributed by atoms with Crippen molar-refractivity contribution in [3.05, 3.63) is 94.5 Å². The second kappa shape index (κ2) is 9.24. The minimum absolute atomic E-state index is 0.0511. The Morgan fingerprint density at radius 2 is 1.50 bits per heavy atom. The molecule has 1 heterocycles. The van der Waals surface area contributed by atoms with Gasteiger partial charge in [-0.05, 0) is 37.3 Å². The number of hydrazine groups is 1. The maximum atomic E-state index is 13.1. The van der Waals surface area contributed by atoms with Gasteiger partial charge in [0, 0.05) is 17.2 Å². The van der Waals surface area contributed by atoms with Crippen molar-refractivity contribution in [1.29, 1.82) is 0 Å². The van der Waals surface area contributed by atoms with Crippen LogP contribution >= 0.6 is 11.6 Å². The number of benzene rings is 3. The summed E-state index contributed by atoms with van der Waals surface area (Å²) in [4.78, 5) is 30.3. The van der Waals surface area contributed by atoms with Crippen LogP contribution in [0.2, 0.25) is 5.02 Å². The minimum Gasteiger partial charge on any atom is -0.267 e. The number of carbonyl (C=O) groups is 2. The van der Waals surface area contributed by atoms with Crippen LogP contribution in [0.1, 0.15) is 26.3 Å². The lowest BCUT2D eigenvalue weighted by Gasteiger charge is -2.12. The van der Waals surface area contributed by atoms with Crippen molar-refractivity contribution >= 4 is 44.2 Å². The molecule has 0 radical (unpaired) electrons. The summed E-state index contributed by atoms with van der Waals surface area (Å²) >= 11 is 6.07. The quantitative estimate of drug-likeness (QED) is 0.411. The zero-order valence-electron chi connectivity index (χ0n) is 18.3. The molecule has 3 aromatic carbocycles. The summed E-state index contributed by atoms with van der Waals surface area (Å²) in [7, 11) is -3.54. The fraction of sp³-hybridized carbons (Fsp3) is 0.0800. The molecule has 0 saturated carbocycles. The molecule has 7 nitrogen and oxygen atoms in total. The first-order chi connectivity index (χ1) is 16.1. The average molecular weight is 494 g/mol. The van der Waals surface area contributed by atoms with Gasteiger partial charge in [0.1, 0.15) is 0 Å². The third-order valence-electron chi connectivity index (χ3n) is 5.21. The van der Waals surface area contributed by atoms with Crippen molar-refractivity contribution in [2.75, 3.05) is 6.26 Å². The number of para-hydroxylation sites is 1. The molecule has 34 heavy (non-hydrogen) atoms. The number of hydrogen-bond acceptors (Lipinski definition) is 5. The van der Waals surface area contributed by atoms with Crippen LogP contribution in [-0.4, -0.2) is 31.5 Å². The molecule has 0 aliphatic rings. The van der Waals surface area contributed by atoms with E-state index in [0.717, 1.165) is 23.4 Å². The molecule has 4 aromatic rings. The standard InChI is InChI=1S/C25H20ClN3O4S/c1-15-7-9-16(10-8-15)23-14-19(18-5-3-4-6-22(18)27-23)24(30)28-29-25(31)20-13-17(34(2,32)33)11-12-21(20)26/h3-14H,1-2H3,(H,28,30)(H,29,31). The average Bonchev–Trinajstić information content (AvgIpc) is 2.81. The summed E-state index contributed by atoms with van der Waals surface area (Å²) in [6, 6.07) is 20.4. The number of halogens is 1. The number of pyridine rings is 1. The lowest BCUT2D eigenvalue weighted by molar-refractivity contribution is 0.0847. The van der Waals surface area contributed by atoms with Gasteiger partial charge >= 0.3 is 0 Å². The fourth-order valence-corrected chi connectivity index (χ4v) is 4.24. The third-order valence-corrected chi connectivity index (χ3v) is 6.65. The summed E-state index contributed by atoms with van der Waals surface area (Å²) < 4.78 is 23.6. The van der Waals surface area contributed by atoms with Gasteiger partial charge in [0.2, 0.25) is 0 Å². The van der Waals surface area contributed by atoms with Gasteiger partial charge in [-0.2, -0.15) is 0 Å². The second-order valence-corrected chi connectivity index (χ2v) is 10.2. The Balaban J connectivity index is 1.63. The monoisotopic (exact) mass is 493 g/mol. The number of nitrogens with zero attached hydrogens (tertiary/aromatic N) is 1. The Bertz CT molecular complexity index is 1530. The van der Waals surface area contributed by atoms with Crippen LogP contribution in [0, 0.1) is 6.92 Å². The molecule has 2 N–H and O–H groups in total. The van der Waals surface area contributed by atoms with E-state index in [0.29, 0.717) is 22.2 Å². The number of amides is 2. The zero-order chi connectivity index (χ0) is 24.5. The normalized spacial score (nSPS) is 11.3. The summed E-state index contributed by atoms with van der Waals surface area (Å²) in [6.07, 6.45) is 1.03. The molecule has 0 aliphatic heterocycles. The van der Waals surface area contributed by atoms with E-state index in [1.54, 1.807) is 24.3 Å². The van der Waals surface area contributed by atoms with Gasteiger partial charge in [-0.1, -0.05) is 59.6 Å². The number of carbonyl (C=O) groups excluding carboxylic acids is 2. The van der Waals surface area contributed by atoms with Crippen LogP contribution in [0.15, 0.2) is 77.7 Å². The smallest absolute Gasteiger partial charge is 0.267 e. The second-order valence-electron chi connectivity index (χ2n) is 7.76. The van der Waals surface area contributed by atoms with Crippen LogP contribution in [0.25, 0.3) is 22.2 Å². The summed E-state index contributed by atoms with van der Waals surface area (Å²) in [5.74, 6) is -1.31. The van der Waals surface area contributed by atoms with E-state index >= 15 is 0 Å². The fourth-order valence-electron chi connectivity index (χ4n) is 3.39. The van der Waals surface area contributed by atoms with Crippen molar-refractivity contribution in [2.45, 2.75) is 11.8 Å². The van der Waals surface area contributed by atoms with Gasteiger partial charge < -0.3 is 0 Å². The molecular formula is C25H20ClN3O4S. The first kappa shape index (κ1) is 23.4. The van der Waals surface area contributed by atoms with Gasteiger partial charge in [-0.25, -0.2) is 13.4 Å². The molecule has 4 rings (SSSR count). The van der Waals surface area contributed by atoms with E-state index in [2.05, 4.69) is 15.8 Å². The molecule has 0 unspecified atom stereocenters. The Morgan fingerprint density at radius 1 is 0.853 bits per heavy atom. The van der Waals surface area contributed by atoms with Gasteiger partial charge in [0.05, 0.1) is 32.3 Å². The van der Waals surface area contributed by atoms with E-state index in [-0.39, 0.29) is 15.5 Å². The molecule has 0 spiro atoms. The Morgan fingerprint density at radius 3 is 2.18 bits per heavy atom. The molecule has 2 amide bonds. The van der Waals surface area contributed by atoms with E-state index in [1.807, 2.05) is 37.3 Å². The SMILES string of the molecule is Cc1ccc(-c2cc(C(=O)NNC(=O)c3cc(S(C)(=O)=O)ccc3Cl)c3ccccc3n2)cc1. The molecule has 9 heteroatoms. The third kappa shape index (κ3) is 4.93. The van der Waals surface area contributed by atoms with Gasteiger partial charge in [0.25, 0.3) is 11.8 Å². The zero-order valence-corrected chi connectivity index (χ0v) is 19.9. The van der Waals surface area contributed by atoms with Crippen LogP contribution < -0.4 is 10.9 Å². The number of nitrogens with one attached hydrogen (secondary N) is 2. The van der Waals surface area contributed by atoms with Crippen molar-refractivity contribution in [3.8, 4) is 11.3 Å². The lowest BCUT2D eigenvalue weighted by Crippen LogP contribution is -2.41. The van der Waals surface area contributed by atoms with Gasteiger partial charge in [-0.3, -0.25) is 20.4 Å². The molecule has 0 aliphatic carbocycles. The van der Waals surface area contributed by atoms with Crippen molar-refractivity contribution < 1.29 is 18.0 Å². The van der Waals surface area contributed by atoms with E-state index in [1.165, 1.54) is 12.1 Å². The van der Waals surface area contributed by atoms with Crippen molar-refractivity contribution in [2.24, 2.45) is 0 Å². The Kier molecular flexibility index (Phi) is 6.37. The molecule has 0 saturated heterocycles. The summed E-state index contributed by atoms with van der Waals surface area (Å²) in [5.41, 5.74) is 8.12. The van der Waals surface area contributed by atoms with Crippen LogP contribution in [0.5, 0.6) is 0 Å². The predicted molar refractivity (Wildman–Crippen MR) is 131 cm³/mol. The van der Waals surface area contributed by atoms with E-state index in [4.69, 9.17) is 11.6 Å². The first-order valence-electron chi connectivity index (χ1n) is 10.2. The topological polar surface area (TPSA) is 105 Å². The maximum absolute atomic E-state index is 13.1. The van der Waals surface area contributed by atoms with E-state index < -0.39 is 21.7 Å². The highest BCUT2D eigenvalue weighted by molar-refractivity contribution is 7.90. The molecule has 0 bridgehead atoms. The molecule has 0 fully saturated rings. The number of fused-ring (bicyclic) bond motifs is 1. The predicted octanol–water partition coefficient (Wildman–Crippen LogP) is 4.34. The minimum atomic E-state index is -3.54. The summed E-state index contributed by atoms with van der Waals surface area (Å²) in [5, 5.41) is 0.664. The number of aryl methyl sites for hydroxylation is 1. The highest BCUT2D eigenvalue weighted by atomic mass is 35.5. The first-order valence-corrected chi connectivity index (χ1v) is 12.5. The highest BCUT2D eigenvalue weighted by Gasteiger charge is 2.18. The Labute approximate surface area is 201 Å². The van der Waals surface area contributed by atoms with Crippen LogP contribution in [0.3, 0.4) is 0 Å². The van der Waals surface area contributed by atoms with Crippen molar-refractivity contribution in [3.63, 3.8) is 0 Å².